The second kappa shape index (κ2) is 13.4. The number of unbranched alkanes of at least 4 members (excludes halogenated alkanes) is 1. The molecule has 3 aromatic carbocycles. The van der Waals surface area contributed by atoms with Gasteiger partial charge in [0.2, 0.25) is 0 Å². The number of nitrogens with zero attached hydrogens (tertiary/aromatic N) is 3. The molecule has 1 unspecified atom stereocenters. The molecule has 0 spiro atoms. The van der Waals surface area contributed by atoms with Gasteiger partial charge in [-0.05, 0) is 106 Å². The third-order valence-electron chi connectivity index (χ3n) is 7.19. The molecule has 0 amide bonds. The van der Waals surface area contributed by atoms with Gasteiger partial charge in [-0.15, -0.1) is 0 Å². The van der Waals surface area contributed by atoms with Gasteiger partial charge in [-0.1, -0.05) is 26.0 Å². The molecule has 1 aromatic heterocycles. The minimum absolute atomic E-state index is 0.290. The molecule has 0 aliphatic carbocycles. The highest BCUT2D eigenvalue weighted by atomic mass is 19.1. The first-order valence-electron chi connectivity index (χ1n) is 13.7. The van der Waals surface area contributed by atoms with Crippen molar-refractivity contribution in [2.24, 2.45) is 0 Å². The number of aryl methyl sites for hydroxylation is 1. The van der Waals surface area contributed by atoms with E-state index < -0.39 is 0 Å². The van der Waals surface area contributed by atoms with Crippen molar-refractivity contribution in [1.82, 2.24) is 14.7 Å². The third-order valence-corrected chi connectivity index (χ3v) is 7.19. The second-order valence-corrected chi connectivity index (χ2v) is 9.79. The van der Waals surface area contributed by atoms with Crippen molar-refractivity contribution in [3.05, 3.63) is 89.4 Å². The van der Waals surface area contributed by atoms with E-state index in [0.717, 1.165) is 60.4 Å². The molecule has 0 aliphatic rings. The number of hydrogen-bond acceptors (Lipinski definition) is 5. The highest BCUT2D eigenvalue weighted by molar-refractivity contribution is 5.95. The SMILES string of the molecule is CCc1nn(-c2ccc(F)cc2)c2ccc(C(=O)OCCCCN(CC)C(C)Cc3ccc(OC)cc3)cc12. The van der Waals surface area contributed by atoms with Crippen LogP contribution in [0.15, 0.2) is 66.7 Å². The van der Waals surface area contributed by atoms with Crippen LogP contribution in [0.2, 0.25) is 0 Å². The van der Waals surface area contributed by atoms with Gasteiger partial charge in [0.15, 0.2) is 0 Å². The Morgan fingerprint density at radius 3 is 2.44 bits per heavy atom. The summed E-state index contributed by atoms with van der Waals surface area (Å²) in [4.78, 5) is 15.3. The van der Waals surface area contributed by atoms with E-state index >= 15 is 0 Å². The van der Waals surface area contributed by atoms with E-state index in [9.17, 15) is 9.18 Å². The minimum atomic E-state index is -0.325. The summed E-state index contributed by atoms with van der Waals surface area (Å²) in [5.41, 5.74) is 4.34. The summed E-state index contributed by atoms with van der Waals surface area (Å²) in [6.45, 7) is 8.79. The zero-order valence-corrected chi connectivity index (χ0v) is 23.3. The Bertz CT molecular complexity index is 1370. The van der Waals surface area contributed by atoms with Crippen LogP contribution < -0.4 is 4.74 Å². The Labute approximate surface area is 230 Å². The molecule has 0 saturated heterocycles. The quantitative estimate of drug-likeness (QED) is 0.143. The molecule has 7 heteroatoms. The van der Waals surface area contributed by atoms with E-state index in [-0.39, 0.29) is 11.8 Å². The standard InChI is InChI=1S/C32H38FN3O3/c1-5-30-29-22-25(11-18-31(29)36(34-30)27-14-12-26(33)13-15-27)32(37)39-20-8-7-19-35(6-2)23(3)21-24-9-16-28(38-4)17-10-24/h9-18,22-23H,5-8,19-21H2,1-4H3. The first-order valence-corrected chi connectivity index (χ1v) is 13.7. The number of rotatable bonds is 13. The van der Waals surface area contributed by atoms with Crippen molar-refractivity contribution in [2.45, 2.75) is 52.5 Å². The van der Waals surface area contributed by atoms with Gasteiger partial charge in [0.05, 0.1) is 36.2 Å². The average molecular weight is 532 g/mol. The molecule has 4 rings (SSSR count). The number of likely N-dealkylation sites (N-methyl/N-ethyl adjacent to an activating group) is 1. The molecular weight excluding hydrogens is 493 g/mol. The lowest BCUT2D eigenvalue weighted by Gasteiger charge is -2.28. The first kappa shape index (κ1) is 28.3. The lowest BCUT2D eigenvalue weighted by molar-refractivity contribution is 0.0493. The Morgan fingerprint density at radius 2 is 1.77 bits per heavy atom. The number of ether oxygens (including phenoxy) is 2. The minimum Gasteiger partial charge on any atom is -0.497 e. The molecular formula is C32H38FN3O3. The fraction of sp³-hybridized carbons (Fsp3) is 0.375. The summed E-state index contributed by atoms with van der Waals surface area (Å²) in [5, 5.41) is 5.60. The number of halogens is 1. The summed E-state index contributed by atoms with van der Waals surface area (Å²) >= 11 is 0. The van der Waals surface area contributed by atoms with Crippen molar-refractivity contribution in [3.8, 4) is 11.4 Å². The fourth-order valence-corrected chi connectivity index (χ4v) is 4.93. The molecule has 1 atom stereocenters. The number of esters is 1. The van der Waals surface area contributed by atoms with Gasteiger partial charge in [-0.2, -0.15) is 5.10 Å². The molecule has 0 bridgehead atoms. The number of benzene rings is 3. The van der Waals surface area contributed by atoms with Gasteiger partial charge in [0, 0.05) is 11.4 Å². The highest BCUT2D eigenvalue weighted by Crippen LogP contribution is 2.25. The predicted octanol–water partition coefficient (Wildman–Crippen LogP) is 6.63. The lowest BCUT2D eigenvalue weighted by atomic mass is 10.1. The van der Waals surface area contributed by atoms with Gasteiger partial charge < -0.3 is 14.4 Å². The van der Waals surface area contributed by atoms with Crippen LogP contribution >= 0.6 is 0 Å². The van der Waals surface area contributed by atoms with E-state index in [2.05, 4.69) is 30.9 Å². The van der Waals surface area contributed by atoms with Crippen LogP contribution in [0, 0.1) is 5.82 Å². The van der Waals surface area contributed by atoms with Gasteiger partial charge in [0.25, 0.3) is 0 Å². The van der Waals surface area contributed by atoms with Crippen LogP contribution in [0.3, 0.4) is 0 Å². The maximum atomic E-state index is 13.4. The number of aromatic nitrogens is 2. The Kier molecular flexibility index (Phi) is 9.71. The Hall–Kier alpha value is -3.71. The zero-order valence-electron chi connectivity index (χ0n) is 23.3. The van der Waals surface area contributed by atoms with Gasteiger partial charge >= 0.3 is 5.97 Å². The van der Waals surface area contributed by atoms with Crippen LogP contribution in [0.25, 0.3) is 16.6 Å². The number of carbonyl (C=O) groups is 1. The number of carbonyl (C=O) groups excluding carboxylic acids is 1. The van der Waals surface area contributed by atoms with Crippen LogP contribution in [-0.2, 0) is 17.6 Å². The molecule has 4 aromatic rings. The van der Waals surface area contributed by atoms with Crippen LogP contribution in [0.1, 0.15) is 55.2 Å². The molecule has 0 saturated carbocycles. The highest BCUT2D eigenvalue weighted by Gasteiger charge is 2.16. The van der Waals surface area contributed by atoms with Gasteiger partial charge in [-0.3, -0.25) is 0 Å². The number of methoxy groups -OCH3 is 1. The number of fused-ring (bicyclic) bond motifs is 1. The first-order chi connectivity index (χ1) is 18.9. The molecule has 0 aliphatic heterocycles. The van der Waals surface area contributed by atoms with Crippen LogP contribution in [0.4, 0.5) is 4.39 Å². The largest absolute Gasteiger partial charge is 0.497 e. The van der Waals surface area contributed by atoms with Crippen LogP contribution in [0.5, 0.6) is 5.75 Å². The van der Waals surface area contributed by atoms with E-state index in [4.69, 9.17) is 14.6 Å². The monoisotopic (exact) mass is 531 g/mol. The van der Waals surface area contributed by atoms with Crippen molar-refractivity contribution < 1.29 is 18.7 Å². The van der Waals surface area contributed by atoms with E-state index in [1.165, 1.54) is 17.7 Å². The molecule has 39 heavy (non-hydrogen) atoms. The molecule has 0 radical (unpaired) electrons. The maximum absolute atomic E-state index is 13.4. The lowest BCUT2D eigenvalue weighted by Crippen LogP contribution is -2.35. The van der Waals surface area contributed by atoms with Gasteiger partial charge in [0.1, 0.15) is 11.6 Å². The van der Waals surface area contributed by atoms with Crippen molar-refractivity contribution >= 4 is 16.9 Å². The smallest absolute Gasteiger partial charge is 0.338 e. The topological polar surface area (TPSA) is 56.6 Å². The summed E-state index contributed by atoms with van der Waals surface area (Å²) in [7, 11) is 1.68. The molecule has 0 N–H and O–H groups in total. The summed E-state index contributed by atoms with van der Waals surface area (Å²) in [6, 6.07) is 20.4. The normalized spacial score (nSPS) is 12.2. The predicted molar refractivity (Wildman–Crippen MR) is 153 cm³/mol. The van der Waals surface area contributed by atoms with Crippen molar-refractivity contribution in [3.63, 3.8) is 0 Å². The molecule has 0 fully saturated rings. The zero-order chi connectivity index (χ0) is 27.8. The third kappa shape index (κ3) is 7.03. The summed E-state index contributed by atoms with van der Waals surface area (Å²) < 4.78 is 26.0. The fourth-order valence-electron chi connectivity index (χ4n) is 4.93. The summed E-state index contributed by atoms with van der Waals surface area (Å²) in [6.07, 6.45) is 3.46. The average Bonchev–Trinajstić information content (AvgIpc) is 3.33. The summed E-state index contributed by atoms with van der Waals surface area (Å²) in [5.74, 6) is 0.259. The van der Waals surface area contributed by atoms with E-state index in [1.54, 1.807) is 30.0 Å². The molecule has 1 heterocycles. The van der Waals surface area contributed by atoms with E-state index in [1.807, 2.05) is 31.2 Å². The van der Waals surface area contributed by atoms with E-state index in [0.29, 0.717) is 24.6 Å². The van der Waals surface area contributed by atoms with Gasteiger partial charge in [-0.25, -0.2) is 13.9 Å². The van der Waals surface area contributed by atoms with Crippen molar-refractivity contribution in [2.75, 3.05) is 26.8 Å². The maximum Gasteiger partial charge on any atom is 0.338 e. The molecule has 6 nitrogen and oxygen atoms in total. The Balaban J connectivity index is 1.29. The molecule has 206 valence electrons. The second-order valence-electron chi connectivity index (χ2n) is 9.79. The van der Waals surface area contributed by atoms with Crippen LogP contribution in [-0.4, -0.2) is 53.5 Å². The number of hydrogen-bond donors (Lipinski definition) is 0. The van der Waals surface area contributed by atoms with Crippen molar-refractivity contribution in [1.29, 1.82) is 0 Å². The Morgan fingerprint density at radius 1 is 1.03 bits per heavy atom.